The lowest BCUT2D eigenvalue weighted by molar-refractivity contribution is 0.0457. The van der Waals surface area contributed by atoms with Crippen molar-refractivity contribution in [1.29, 1.82) is 0 Å². The number of amides is 2. The molecule has 2 saturated carbocycles. The topological polar surface area (TPSA) is 70.6 Å². The standard InChI is InChI=1S/C19H28N2O3/c22-12-15-4-3-7-18(15)21-19(23)20-16-10-8-14(9-11-16)13-24-17-5-1-2-6-17/h8-11,15,17-18,22H,1-7,12-13H2,(H2,20,21,23). The summed E-state index contributed by atoms with van der Waals surface area (Å²) in [5.41, 5.74) is 1.90. The first-order valence-corrected chi connectivity index (χ1v) is 9.13. The fourth-order valence-electron chi connectivity index (χ4n) is 3.73. The molecule has 0 bridgehead atoms. The first kappa shape index (κ1) is 17.2. The number of ether oxygens (including phenoxy) is 1. The van der Waals surface area contributed by atoms with Crippen LogP contribution in [0.2, 0.25) is 0 Å². The highest BCUT2D eigenvalue weighted by Crippen LogP contribution is 2.25. The highest BCUT2D eigenvalue weighted by Gasteiger charge is 2.27. The van der Waals surface area contributed by atoms with Crippen LogP contribution in [-0.2, 0) is 11.3 Å². The van der Waals surface area contributed by atoms with Crippen LogP contribution in [0.5, 0.6) is 0 Å². The van der Waals surface area contributed by atoms with Crippen molar-refractivity contribution in [2.24, 2.45) is 5.92 Å². The minimum absolute atomic E-state index is 0.0779. The number of aliphatic hydroxyl groups excluding tert-OH is 1. The molecule has 0 saturated heterocycles. The predicted molar refractivity (Wildman–Crippen MR) is 93.9 cm³/mol. The van der Waals surface area contributed by atoms with E-state index in [1.165, 1.54) is 25.7 Å². The minimum atomic E-state index is -0.199. The molecule has 0 spiro atoms. The molecule has 2 aliphatic carbocycles. The molecule has 5 heteroatoms. The van der Waals surface area contributed by atoms with E-state index in [1.807, 2.05) is 24.3 Å². The second-order valence-electron chi connectivity index (χ2n) is 6.99. The highest BCUT2D eigenvalue weighted by molar-refractivity contribution is 5.89. The molecule has 2 aliphatic rings. The number of carbonyl (C=O) groups excluding carboxylic acids is 1. The minimum Gasteiger partial charge on any atom is -0.396 e. The van der Waals surface area contributed by atoms with Gasteiger partial charge in [0.15, 0.2) is 0 Å². The molecule has 3 rings (SSSR count). The molecule has 1 aromatic rings. The van der Waals surface area contributed by atoms with Crippen LogP contribution in [0.25, 0.3) is 0 Å². The maximum Gasteiger partial charge on any atom is 0.319 e. The van der Waals surface area contributed by atoms with E-state index in [1.54, 1.807) is 0 Å². The van der Waals surface area contributed by atoms with Gasteiger partial charge in [0.1, 0.15) is 0 Å². The molecule has 1 aromatic carbocycles. The van der Waals surface area contributed by atoms with Gasteiger partial charge in [0.25, 0.3) is 0 Å². The fourth-order valence-corrected chi connectivity index (χ4v) is 3.73. The Bertz CT molecular complexity index is 526. The van der Waals surface area contributed by atoms with E-state index >= 15 is 0 Å². The third kappa shape index (κ3) is 4.71. The average Bonchev–Trinajstić information content (AvgIpc) is 3.25. The monoisotopic (exact) mass is 332 g/mol. The smallest absolute Gasteiger partial charge is 0.319 e. The summed E-state index contributed by atoms with van der Waals surface area (Å²) in [6.07, 6.45) is 8.31. The lowest BCUT2D eigenvalue weighted by Crippen LogP contribution is -2.41. The second-order valence-corrected chi connectivity index (χ2v) is 6.99. The average molecular weight is 332 g/mol. The van der Waals surface area contributed by atoms with Gasteiger partial charge in [-0.05, 0) is 43.4 Å². The molecule has 5 nitrogen and oxygen atoms in total. The lowest BCUT2D eigenvalue weighted by Gasteiger charge is -2.19. The van der Waals surface area contributed by atoms with E-state index < -0.39 is 0 Å². The maximum atomic E-state index is 12.1. The van der Waals surface area contributed by atoms with Gasteiger partial charge in [-0.2, -0.15) is 0 Å². The fraction of sp³-hybridized carbons (Fsp3) is 0.632. The number of benzene rings is 1. The zero-order valence-corrected chi connectivity index (χ0v) is 14.2. The van der Waals surface area contributed by atoms with Crippen molar-refractivity contribution in [3.63, 3.8) is 0 Å². The van der Waals surface area contributed by atoms with Crippen LogP contribution in [0.3, 0.4) is 0 Å². The zero-order chi connectivity index (χ0) is 16.8. The molecule has 2 amide bonds. The highest BCUT2D eigenvalue weighted by atomic mass is 16.5. The number of nitrogens with one attached hydrogen (secondary N) is 2. The number of urea groups is 1. The molecule has 0 heterocycles. The van der Waals surface area contributed by atoms with Gasteiger partial charge in [0, 0.05) is 24.3 Å². The molecule has 132 valence electrons. The van der Waals surface area contributed by atoms with Gasteiger partial charge in [-0.1, -0.05) is 31.4 Å². The summed E-state index contributed by atoms with van der Waals surface area (Å²) < 4.78 is 5.90. The van der Waals surface area contributed by atoms with Gasteiger partial charge in [0.2, 0.25) is 0 Å². The van der Waals surface area contributed by atoms with E-state index in [0.29, 0.717) is 12.7 Å². The van der Waals surface area contributed by atoms with Crippen LogP contribution in [0.1, 0.15) is 50.5 Å². The quantitative estimate of drug-likeness (QED) is 0.747. The Balaban J connectivity index is 1.44. The van der Waals surface area contributed by atoms with Crippen LogP contribution in [-0.4, -0.2) is 29.9 Å². The number of carbonyl (C=O) groups is 1. The van der Waals surface area contributed by atoms with Crippen LogP contribution < -0.4 is 10.6 Å². The van der Waals surface area contributed by atoms with Crippen molar-refractivity contribution >= 4 is 11.7 Å². The van der Waals surface area contributed by atoms with Gasteiger partial charge < -0.3 is 20.5 Å². The summed E-state index contributed by atoms with van der Waals surface area (Å²) in [7, 11) is 0. The maximum absolute atomic E-state index is 12.1. The van der Waals surface area contributed by atoms with E-state index in [2.05, 4.69) is 10.6 Å². The Morgan fingerprint density at radius 2 is 1.83 bits per heavy atom. The number of hydrogen-bond acceptors (Lipinski definition) is 3. The lowest BCUT2D eigenvalue weighted by atomic mass is 10.1. The number of rotatable bonds is 6. The molecule has 2 atom stereocenters. The Morgan fingerprint density at radius 1 is 1.08 bits per heavy atom. The van der Waals surface area contributed by atoms with Gasteiger partial charge in [-0.25, -0.2) is 4.79 Å². The van der Waals surface area contributed by atoms with Gasteiger partial charge in [-0.3, -0.25) is 0 Å². The Hall–Kier alpha value is -1.59. The van der Waals surface area contributed by atoms with E-state index in [-0.39, 0.29) is 24.6 Å². The van der Waals surface area contributed by atoms with Crippen molar-refractivity contribution in [3.8, 4) is 0 Å². The SMILES string of the molecule is O=C(Nc1ccc(COC2CCCC2)cc1)NC1CCCC1CO. The van der Waals surface area contributed by atoms with Crippen LogP contribution in [0.15, 0.2) is 24.3 Å². The van der Waals surface area contributed by atoms with E-state index in [4.69, 9.17) is 4.74 Å². The van der Waals surface area contributed by atoms with Crippen molar-refractivity contribution in [1.82, 2.24) is 5.32 Å². The second kappa shape index (κ2) is 8.49. The van der Waals surface area contributed by atoms with Gasteiger partial charge in [-0.15, -0.1) is 0 Å². The molecule has 3 N–H and O–H groups in total. The van der Waals surface area contributed by atoms with Gasteiger partial charge >= 0.3 is 6.03 Å². The first-order valence-electron chi connectivity index (χ1n) is 9.13. The van der Waals surface area contributed by atoms with Crippen molar-refractivity contribution in [2.45, 2.75) is 63.7 Å². The van der Waals surface area contributed by atoms with Crippen LogP contribution >= 0.6 is 0 Å². The molecular weight excluding hydrogens is 304 g/mol. The summed E-state index contributed by atoms with van der Waals surface area (Å²) in [5.74, 6) is 0.186. The Kier molecular flexibility index (Phi) is 6.10. The molecule has 0 aliphatic heterocycles. The van der Waals surface area contributed by atoms with Crippen LogP contribution in [0, 0.1) is 5.92 Å². The zero-order valence-electron chi connectivity index (χ0n) is 14.2. The number of anilines is 1. The molecule has 24 heavy (non-hydrogen) atoms. The summed E-state index contributed by atoms with van der Waals surface area (Å²) in [6, 6.07) is 7.69. The third-order valence-electron chi connectivity index (χ3n) is 5.21. The molecule has 2 unspecified atom stereocenters. The van der Waals surface area contributed by atoms with Crippen molar-refractivity contribution < 1.29 is 14.6 Å². The van der Waals surface area contributed by atoms with Crippen LogP contribution in [0.4, 0.5) is 10.5 Å². The van der Waals surface area contributed by atoms with Gasteiger partial charge in [0.05, 0.1) is 12.7 Å². The Morgan fingerprint density at radius 3 is 2.54 bits per heavy atom. The molecule has 0 aromatic heterocycles. The predicted octanol–water partition coefficient (Wildman–Crippen LogP) is 3.43. The summed E-state index contributed by atoms with van der Waals surface area (Å²) in [6.45, 7) is 0.776. The first-order chi connectivity index (χ1) is 11.7. The normalized spacial score (nSPS) is 24.2. The largest absolute Gasteiger partial charge is 0.396 e. The van der Waals surface area contributed by atoms with E-state index in [9.17, 15) is 9.90 Å². The third-order valence-corrected chi connectivity index (χ3v) is 5.21. The Labute approximate surface area is 143 Å². The molecule has 0 radical (unpaired) electrons. The molecular formula is C19H28N2O3. The summed E-state index contributed by atoms with van der Waals surface area (Å²) in [5, 5.41) is 15.2. The van der Waals surface area contributed by atoms with Crippen molar-refractivity contribution in [2.75, 3.05) is 11.9 Å². The summed E-state index contributed by atoms with van der Waals surface area (Å²) in [4.78, 5) is 12.1. The molecule has 2 fully saturated rings. The number of hydrogen-bond donors (Lipinski definition) is 3. The summed E-state index contributed by atoms with van der Waals surface area (Å²) >= 11 is 0. The number of aliphatic hydroxyl groups is 1. The van der Waals surface area contributed by atoms with E-state index in [0.717, 1.165) is 30.5 Å². The van der Waals surface area contributed by atoms with Crippen molar-refractivity contribution in [3.05, 3.63) is 29.8 Å².